The van der Waals surface area contributed by atoms with Crippen LogP contribution in [0, 0.1) is 13.8 Å². The minimum absolute atomic E-state index is 0.232. The SMILES string of the molecule is CCOc1ccc(NS(=O)(=O)c2cc(-c3cc(C)no3)sc2C)cc1. The van der Waals surface area contributed by atoms with Crippen LogP contribution in [0.15, 0.2) is 45.8 Å². The molecule has 0 aliphatic rings. The maximum atomic E-state index is 12.7. The van der Waals surface area contributed by atoms with Crippen molar-refractivity contribution in [1.29, 1.82) is 0 Å². The van der Waals surface area contributed by atoms with Gasteiger partial charge in [-0.05, 0) is 51.1 Å². The average molecular weight is 378 g/mol. The molecule has 25 heavy (non-hydrogen) atoms. The van der Waals surface area contributed by atoms with Gasteiger partial charge in [0.25, 0.3) is 10.0 Å². The lowest BCUT2D eigenvalue weighted by Crippen LogP contribution is -2.13. The Morgan fingerprint density at radius 3 is 2.52 bits per heavy atom. The van der Waals surface area contributed by atoms with E-state index in [2.05, 4.69) is 9.88 Å². The zero-order valence-corrected chi connectivity index (χ0v) is 15.7. The van der Waals surface area contributed by atoms with Gasteiger partial charge < -0.3 is 9.26 Å². The van der Waals surface area contributed by atoms with Crippen LogP contribution in [0.2, 0.25) is 0 Å². The maximum absolute atomic E-state index is 12.7. The monoisotopic (exact) mass is 378 g/mol. The van der Waals surface area contributed by atoms with Crippen LogP contribution in [0.5, 0.6) is 5.75 Å². The van der Waals surface area contributed by atoms with E-state index in [1.54, 1.807) is 43.3 Å². The second-order valence-electron chi connectivity index (χ2n) is 5.43. The average Bonchev–Trinajstić information content (AvgIpc) is 3.15. The van der Waals surface area contributed by atoms with Gasteiger partial charge in [0.1, 0.15) is 10.6 Å². The van der Waals surface area contributed by atoms with Crippen molar-refractivity contribution >= 4 is 27.0 Å². The van der Waals surface area contributed by atoms with Gasteiger partial charge in [0, 0.05) is 16.6 Å². The number of aromatic nitrogens is 1. The third-order valence-electron chi connectivity index (χ3n) is 3.45. The Bertz CT molecular complexity index is 973. The Morgan fingerprint density at radius 1 is 1.20 bits per heavy atom. The largest absolute Gasteiger partial charge is 0.494 e. The number of thiophene rings is 1. The molecule has 0 saturated carbocycles. The molecule has 3 aromatic rings. The Balaban J connectivity index is 1.86. The van der Waals surface area contributed by atoms with Gasteiger partial charge in [-0.2, -0.15) is 0 Å². The second kappa shape index (κ2) is 6.89. The highest BCUT2D eigenvalue weighted by Crippen LogP contribution is 2.34. The predicted molar refractivity (Wildman–Crippen MR) is 97.7 cm³/mol. The summed E-state index contributed by atoms with van der Waals surface area (Å²) in [6, 6.07) is 10.2. The first-order valence-corrected chi connectivity index (χ1v) is 9.99. The molecular weight excluding hydrogens is 360 g/mol. The maximum Gasteiger partial charge on any atom is 0.263 e. The summed E-state index contributed by atoms with van der Waals surface area (Å²) in [5.41, 5.74) is 1.23. The van der Waals surface area contributed by atoms with Gasteiger partial charge in [-0.25, -0.2) is 8.42 Å². The third kappa shape index (κ3) is 3.85. The molecule has 0 radical (unpaired) electrons. The van der Waals surface area contributed by atoms with Gasteiger partial charge in [-0.3, -0.25) is 4.72 Å². The molecule has 0 unspecified atom stereocenters. The second-order valence-corrected chi connectivity index (χ2v) is 8.33. The normalized spacial score (nSPS) is 11.5. The third-order valence-corrected chi connectivity index (χ3v) is 6.15. The number of hydrogen-bond acceptors (Lipinski definition) is 6. The fraction of sp³-hybridized carbons (Fsp3) is 0.235. The first kappa shape index (κ1) is 17.5. The zero-order chi connectivity index (χ0) is 18.0. The van der Waals surface area contributed by atoms with Crippen molar-refractivity contribution in [2.24, 2.45) is 0 Å². The fourth-order valence-corrected chi connectivity index (χ4v) is 4.93. The highest BCUT2D eigenvalue weighted by molar-refractivity contribution is 7.93. The molecule has 0 amide bonds. The van der Waals surface area contributed by atoms with Crippen molar-refractivity contribution in [3.8, 4) is 16.4 Å². The van der Waals surface area contributed by atoms with E-state index in [4.69, 9.17) is 9.26 Å². The molecule has 3 rings (SSSR count). The molecule has 0 saturated heterocycles. The molecule has 0 aliphatic heterocycles. The van der Waals surface area contributed by atoms with E-state index in [-0.39, 0.29) is 4.90 Å². The Labute approximate surface area is 150 Å². The van der Waals surface area contributed by atoms with Crippen LogP contribution in [0.3, 0.4) is 0 Å². The summed E-state index contributed by atoms with van der Waals surface area (Å²) in [6.45, 7) is 6.04. The van der Waals surface area contributed by atoms with E-state index < -0.39 is 10.0 Å². The molecule has 0 spiro atoms. The van der Waals surface area contributed by atoms with E-state index >= 15 is 0 Å². The molecular formula is C17H18N2O4S2. The van der Waals surface area contributed by atoms with E-state index in [0.717, 1.165) is 10.6 Å². The minimum atomic E-state index is -3.69. The number of hydrogen-bond donors (Lipinski definition) is 1. The Morgan fingerprint density at radius 2 is 1.92 bits per heavy atom. The first-order chi connectivity index (χ1) is 11.9. The predicted octanol–water partition coefficient (Wildman–Crippen LogP) is 4.22. The molecule has 1 N–H and O–H groups in total. The molecule has 2 heterocycles. The number of sulfonamides is 1. The number of ether oxygens (including phenoxy) is 1. The zero-order valence-electron chi connectivity index (χ0n) is 14.1. The molecule has 2 aromatic heterocycles. The topological polar surface area (TPSA) is 81.4 Å². The molecule has 8 heteroatoms. The summed E-state index contributed by atoms with van der Waals surface area (Å²) in [7, 11) is -3.69. The van der Waals surface area contributed by atoms with Crippen LogP contribution in [0.25, 0.3) is 10.6 Å². The summed E-state index contributed by atoms with van der Waals surface area (Å²) < 4.78 is 38.6. The summed E-state index contributed by atoms with van der Waals surface area (Å²) in [5.74, 6) is 1.26. The minimum Gasteiger partial charge on any atom is -0.494 e. The number of benzene rings is 1. The molecule has 0 atom stereocenters. The van der Waals surface area contributed by atoms with Gasteiger partial charge in [0.15, 0.2) is 5.76 Å². The molecule has 6 nitrogen and oxygen atoms in total. The summed E-state index contributed by atoms with van der Waals surface area (Å²) in [4.78, 5) is 1.64. The summed E-state index contributed by atoms with van der Waals surface area (Å²) in [5, 5.41) is 3.84. The number of anilines is 1. The van der Waals surface area contributed by atoms with Crippen molar-refractivity contribution in [3.05, 3.63) is 47.0 Å². The van der Waals surface area contributed by atoms with E-state index in [9.17, 15) is 8.42 Å². The number of nitrogens with zero attached hydrogens (tertiary/aromatic N) is 1. The fourth-order valence-electron chi connectivity index (χ4n) is 2.33. The number of nitrogens with one attached hydrogen (secondary N) is 1. The lowest BCUT2D eigenvalue weighted by atomic mass is 10.3. The smallest absolute Gasteiger partial charge is 0.263 e. The van der Waals surface area contributed by atoms with Crippen LogP contribution in [-0.4, -0.2) is 20.2 Å². The number of aryl methyl sites for hydroxylation is 2. The van der Waals surface area contributed by atoms with E-state index in [0.29, 0.717) is 28.7 Å². The number of rotatable bonds is 6. The quantitative estimate of drug-likeness (QED) is 0.694. The van der Waals surface area contributed by atoms with Gasteiger partial charge in [0.05, 0.1) is 17.2 Å². The lowest BCUT2D eigenvalue weighted by molar-refractivity contribution is 0.340. The van der Waals surface area contributed by atoms with Gasteiger partial charge in [-0.15, -0.1) is 11.3 Å². The Hall–Kier alpha value is -2.32. The van der Waals surface area contributed by atoms with Crippen LogP contribution in [0.1, 0.15) is 17.5 Å². The van der Waals surface area contributed by atoms with Gasteiger partial charge in [-0.1, -0.05) is 5.16 Å². The lowest BCUT2D eigenvalue weighted by Gasteiger charge is -2.08. The highest BCUT2D eigenvalue weighted by Gasteiger charge is 2.22. The van der Waals surface area contributed by atoms with E-state index in [1.807, 2.05) is 13.8 Å². The van der Waals surface area contributed by atoms with Crippen LogP contribution in [0.4, 0.5) is 5.69 Å². The standard InChI is InChI=1S/C17H18N2O4S2/c1-4-22-14-7-5-13(6-8-14)19-25(20,21)17-10-16(24-12(17)3)15-9-11(2)18-23-15/h5-10,19H,4H2,1-3H3. The summed E-state index contributed by atoms with van der Waals surface area (Å²) in [6.07, 6.45) is 0. The van der Waals surface area contributed by atoms with E-state index in [1.165, 1.54) is 11.3 Å². The molecule has 0 fully saturated rings. The van der Waals surface area contributed by atoms with Crippen molar-refractivity contribution in [2.75, 3.05) is 11.3 Å². The summed E-state index contributed by atoms with van der Waals surface area (Å²) >= 11 is 1.35. The van der Waals surface area contributed by atoms with Gasteiger partial charge in [0.2, 0.25) is 0 Å². The van der Waals surface area contributed by atoms with Crippen molar-refractivity contribution in [3.63, 3.8) is 0 Å². The highest BCUT2D eigenvalue weighted by atomic mass is 32.2. The van der Waals surface area contributed by atoms with Gasteiger partial charge >= 0.3 is 0 Å². The van der Waals surface area contributed by atoms with Crippen LogP contribution < -0.4 is 9.46 Å². The van der Waals surface area contributed by atoms with Crippen molar-refractivity contribution in [2.45, 2.75) is 25.7 Å². The van der Waals surface area contributed by atoms with Crippen LogP contribution >= 0.6 is 11.3 Å². The Kier molecular flexibility index (Phi) is 4.82. The first-order valence-electron chi connectivity index (χ1n) is 7.69. The molecule has 0 aliphatic carbocycles. The molecule has 132 valence electrons. The van der Waals surface area contributed by atoms with Crippen molar-refractivity contribution < 1.29 is 17.7 Å². The van der Waals surface area contributed by atoms with Crippen LogP contribution in [-0.2, 0) is 10.0 Å². The van der Waals surface area contributed by atoms with Crippen molar-refractivity contribution in [1.82, 2.24) is 5.16 Å². The molecule has 0 bridgehead atoms. The molecule has 1 aromatic carbocycles.